The number of nitrogens with zero attached hydrogens (tertiary/aromatic N) is 1. The smallest absolute Gasteiger partial charge is 0.320 e. The molecule has 1 aromatic rings. The molecule has 0 aliphatic heterocycles. The van der Waals surface area contributed by atoms with E-state index in [9.17, 15) is 4.79 Å². The van der Waals surface area contributed by atoms with E-state index in [1.54, 1.807) is 13.2 Å². The van der Waals surface area contributed by atoms with Gasteiger partial charge >= 0.3 is 5.97 Å². The van der Waals surface area contributed by atoms with Crippen LogP contribution in [0.15, 0.2) is 18.3 Å². The molecule has 0 aromatic carbocycles. The third-order valence-corrected chi connectivity index (χ3v) is 2.34. The molecule has 0 aliphatic rings. The van der Waals surface area contributed by atoms with Gasteiger partial charge in [0, 0.05) is 11.9 Å². The zero-order valence-electron chi connectivity index (χ0n) is 9.03. The number of likely N-dealkylation sites (N-methyl/N-ethyl adjacent to an activating group) is 1. The molecule has 15 heavy (non-hydrogen) atoms. The molecule has 82 valence electrons. The standard InChI is InChI=1S/C11H16N2O2/c1-8-3-4-9(7-13-8)5-6-10(12-2)11(14)15/h3-4,7,10,12H,5-6H2,1-2H3,(H,14,15). The minimum atomic E-state index is -0.808. The number of carboxylic acid groups (broad SMARTS) is 1. The number of aromatic nitrogens is 1. The van der Waals surface area contributed by atoms with E-state index >= 15 is 0 Å². The highest BCUT2D eigenvalue weighted by molar-refractivity contribution is 5.73. The predicted octanol–water partition coefficient (Wildman–Crippen LogP) is 0.995. The molecule has 0 radical (unpaired) electrons. The van der Waals surface area contributed by atoms with Crippen molar-refractivity contribution in [2.75, 3.05) is 7.05 Å². The fraction of sp³-hybridized carbons (Fsp3) is 0.455. The highest BCUT2D eigenvalue weighted by atomic mass is 16.4. The second-order valence-corrected chi connectivity index (χ2v) is 3.53. The molecule has 1 atom stereocenters. The molecule has 4 nitrogen and oxygen atoms in total. The summed E-state index contributed by atoms with van der Waals surface area (Å²) in [5, 5.41) is 11.6. The Balaban J connectivity index is 2.49. The molecule has 4 heteroatoms. The summed E-state index contributed by atoms with van der Waals surface area (Å²) in [4.78, 5) is 14.9. The van der Waals surface area contributed by atoms with Crippen LogP contribution in [-0.2, 0) is 11.2 Å². The van der Waals surface area contributed by atoms with Crippen LogP contribution in [0, 0.1) is 6.92 Å². The number of aliphatic carboxylic acids is 1. The van der Waals surface area contributed by atoms with Crippen LogP contribution in [-0.4, -0.2) is 29.1 Å². The fourth-order valence-corrected chi connectivity index (χ4v) is 1.35. The summed E-state index contributed by atoms with van der Waals surface area (Å²) in [5.74, 6) is -0.808. The molecule has 0 saturated carbocycles. The van der Waals surface area contributed by atoms with Gasteiger partial charge in [0.25, 0.3) is 0 Å². The number of hydrogen-bond acceptors (Lipinski definition) is 3. The third-order valence-electron chi connectivity index (χ3n) is 2.34. The quantitative estimate of drug-likeness (QED) is 0.757. The summed E-state index contributed by atoms with van der Waals surface area (Å²) in [7, 11) is 1.66. The largest absolute Gasteiger partial charge is 0.480 e. The maximum absolute atomic E-state index is 10.7. The number of aryl methyl sites for hydroxylation is 2. The Kier molecular flexibility index (Phi) is 4.24. The molecule has 1 rings (SSSR count). The summed E-state index contributed by atoms with van der Waals surface area (Å²) in [5.41, 5.74) is 2.05. The highest BCUT2D eigenvalue weighted by Gasteiger charge is 2.13. The Labute approximate surface area is 89.3 Å². The van der Waals surface area contributed by atoms with Crippen molar-refractivity contribution < 1.29 is 9.90 Å². The fourth-order valence-electron chi connectivity index (χ4n) is 1.35. The van der Waals surface area contributed by atoms with Crippen LogP contribution >= 0.6 is 0 Å². The van der Waals surface area contributed by atoms with E-state index < -0.39 is 12.0 Å². The average Bonchev–Trinajstić information content (AvgIpc) is 2.21. The Morgan fingerprint density at radius 1 is 1.60 bits per heavy atom. The second-order valence-electron chi connectivity index (χ2n) is 3.53. The zero-order valence-corrected chi connectivity index (χ0v) is 9.03. The van der Waals surface area contributed by atoms with Crippen LogP contribution in [0.2, 0.25) is 0 Å². The van der Waals surface area contributed by atoms with E-state index in [0.717, 1.165) is 17.7 Å². The predicted molar refractivity (Wildman–Crippen MR) is 57.8 cm³/mol. The number of pyridine rings is 1. The summed E-state index contributed by atoms with van der Waals surface area (Å²) in [6.45, 7) is 1.93. The van der Waals surface area contributed by atoms with Gasteiger partial charge in [-0.3, -0.25) is 9.78 Å². The molecule has 0 spiro atoms. The highest BCUT2D eigenvalue weighted by Crippen LogP contribution is 2.05. The van der Waals surface area contributed by atoms with Crippen LogP contribution in [0.25, 0.3) is 0 Å². The number of nitrogens with one attached hydrogen (secondary N) is 1. The summed E-state index contributed by atoms with van der Waals surface area (Å²) in [6.07, 6.45) is 3.10. The van der Waals surface area contributed by atoms with Crippen molar-refractivity contribution in [3.63, 3.8) is 0 Å². The molecule has 0 aliphatic carbocycles. The van der Waals surface area contributed by atoms with Gasteiger partial charge in [0.2, 0.25) is 0 Å². The van der Waals surface area contributed by atoms with E-state index in [1.165, 1.54) is 0 Å². The van der Waals surface area contributed by atoms with Gasteiger partial charge < -0.3 is 10.4 Å². The lowest BCUT2D eigenvalue weighted by atomic mass is 10.1. The Hall–Kier alpha value is -1.42. The molecular formula is C11H16N2O2. The van der Waals surface area contributed by atoms with Gasteiger partial charge in [0.05, 0.1) is 0 Å². The monoisotopic (exact) mass is 208 g/mol. The first-order valence-electron chi connectivity index (χ1n) is 4.95. The number of carboxylic acids is 1. The minimum absolute atomic E-state index is 0.480. The lowest BCUT2D eigenvalue weighted by Crippen LogP contribution is -2.34. The van der Waals surface area contributed by atoms with E-state index in [4.69, 9.17) is 5.11 Å². The van der Waals surface area contributed by atoms with E-state index in [0.29, 0.717) is 6.42 Å². The second kappa shape index (κ2) is 5.46. The van der Waals surface area contributed by atoms with Crippen molar-refractivity contribution in [3.8, 4) is 0 Å². The van der Waals surface area contributed by atoms with E-state index in [1.807, 2.05) is 19.1 Å². The molecule has 0 bridgehead atoms. The topological polar surface area (TPSA) is 62.2 Å². The van der Waals surface area contributed by atoms with Crippen LogP contribution in [0.3, 0.4) is 0 Å². The van der Waals surface area contributed by atoms with Crippen LogP contribution in [0.4, 0.5) is 0 Å². The van der Waals surface area contributed by atoms with Crippen molar-refractivity contribution >= 4 is 5.97 Å². The Bertz CT molecular complexity index is 322. The molecule has 0 fully saturated rings. The van der Waals surface area contributed by atoms with Gasteiger partial charge in [-0.2, -0.15) is 0 Å². The minimum Gasteiger partial charge on any atom is -0.480 e. The van der Waals surface area contributed by atoms with Gasteiger partial charge in [-0.15, -0.1) is 0 Å². The Morgan fingerprint density at radius 2 is 2.33 bits per heavy atom. The number of hydrogen-bond donors (Lipinski definition) is 2. The molecule has 0 amide bonds. The van der Waals surface area contributed by atoms with E-state index in [-0.39, 0.29) is 0 Å². The normalized spacial score (nSPS) is 12.4. The first kappa shape index (κ1) is 11.7. The summed E-state index contributed by atoms with van der Waals surface area (Å²) in [6, 6.07) is 3.44. The molecule has 1 heterocycles. The van der Waals surface area contributed by atoms with Gasteiger partial charge in [-0.25, -0.2) is 0 Å². The van der Waals surface area contributed by atoms with Gasteiger partial charge in [-0.1, -0.05) is 6.07 Å². The zero-order chi connectivity index (χ0) is 11.3. The molecular weight excluding hydrogens is 192 g/mol. The molecule has 1 aromatic heterocycles. The van der Waals surface area contributed by atoms with Gasteiger partial charge in [-0.05, 0) is 38.4 Å². The van der Waals surface area contributed by atoms with Crippen molar-refractivity contribution in [1.82, 2.24) is 10.3 Å². The third kappa shape index (κ3) is 3.67. The van der Waals surface area contributed by atoms with Crippen molar-refractivity contribution in [3.05, 3.63) is 29.6 Å². The number of rotatable bonds is 5. The van der Waals surface area contributed by atoms with Gasteiger partial charge in [0.1, 0.15) is 6.04 Å². The number of carbonyl (C=O) groups is 1. The van der Waals surface area contributed by atoms with Crippen LogP contribution < -0.4 is 5.32 Å². The first-order chi connectivity index (χ1) is 7.13. The SMILES string of the molecule is CNC(CCc1ccc(C)nc1)C(=O)O. The maximum atomic E-state index is 10.7. The van der Waals surface area contributed by atoms with Crippen LogP contribution in [0.5, 0.6) is 0 Å². The Morgan fingerprint density at radius 3 is 2.80 bits per heavy atom. The first-order valence-corrected chi connectivity index (χ1v) is 4.95. The molecule has 1 unspecified atom stereocenters. The maximum Gasteiger partial charge on any atom is 0.320 e. The van der Waals surface area contributed by atoms with Crippen molar-refractivity contribution in [1.29, 1.82) is 0 Å². The summed E-state index contributed by atoms with van der Waals surface area (Å²) >= 11 is 0. The van der Waals surface area contributed by atoms with Crippen LogP contribution in [0.1, 0.15) is 17.7 Å². The lowest BCUT2D eigenvalue weighted by Gasteiger charge is -2.10. The van der Waals surface area contributed by atoms with Crippen molar-refractivity contribution in [2.45, 2.75) is 25.8 Å². The average molecular weight is 208 g/mol. The summed E-state index contributed by atoms with van der Waals surface area (Å²) < 4.78 is 0. The molecule has 0 saturated heterocycles. The van der Waals surface area contributed by atoms with Gasteiger partial charge in [0.15, 0.2) is 0 Å². The van der Waals surface area contributed by atoms with Crippen molar-refractivity contribution in [2.24, 2.45) is 0 Å². The van der Waals surface area contributed by atoms with E-state index in [2.05, 4.69) is 10.3 Å². The molecule has 2 N–H and O–H groups in total. The lowest BCUT2D eigenvalue weighted by molar-refractivity contribution is -0.139.